The fourth-order valence-electron chi connectivity index (χ4n) is 2.06. The van der Waals surface area contributed by atoms with Crippen molar-refractivity contribution in [3.8, 4) is 0 Å². The third kappa shape index (κ3) is 7.23. The van der Waals surface area contributed by atoms with Gasteiger partial charge in [-0.25, -0.2) is 0 Å². The predicted octanol–water partition coefficient (Wildman–Crippen LogP) is 3.79. The third-order valence-corrected chi connectivity index (χ3v) is 3.20. The molecule has 0 spiro atoms. The molecule has 0 aliphatic rings. The fraction of sp³-hybridized carbons (Fsp3) is 0.353. The maximum absolute atomic E-state index is 6.07. The van der Waals surface area contributed by atoms with Gasteiger partial charge in [0.15, 0.2) is 0 Å². The predicted molar refractivity (Wildman–Crippen MR) is 96.1 cm³/mol. The zero-order chi connectivity index (χ0) is 14.2. The lowest BCUT2D eigenvalue weighted by Gasteiger charge is -2.20. The van der Waals surface area contributed by atoms with Gasteiger partial charge in [-0.15, -0.1) is 24.8 Å². The summed E-state index contributed by atoms with van der Waals surface area (Å²) in [4.78, 5) is 6.21. The minimum atomic E-state index is 0. The highest BCUT2D eigenvalue weighted by atomic mass is 35.5. The minimum Gasteiger partial charge on any atom is -0.372 e. The second-order valence-corrected chi connectivity index (χ2v) is 5.13. The van der Waals surface area contributed by atoms with Gasteiger partial charge in [0.1, 0.15) is 0 Å². The summed E-state index contributed by atoms with van der Waals surface area (Å²) in [6, 6.07) is 14.5. The first-order valence-corrected chi connectivity index (χ1v) is 6.96. The lowest BCUT2D eigenvalue weighted by molar-refractivity contribution is 0.0436. The van der Waals surface area contributed by atoms with Crippen molar-refractivity contribution in [1.82, 2.24) is 9.88 Å². The Kier molecular flexibility index (Phi) is 10.9. The normalized spacial score (nSPS) is 11.4. The van der Waals surface area contributed by atoms with E-state index in [1.165, 1.54) is 11.1 Å². The SMILES string of the molecule is CN(C)CCOC(Cc1ccccc1)c1ccncc1.Cl.Cl. The maximum atomic E-state index is 6.07. The van der Waals surface area contributed by atoms with Crippen LogP contribution in [0.4, 0.5) is 0 Å². The van der Waals surface area contributed by atoms with E-state index in [-0.39, 0.29) is 30.9 Å². The second kappa shape index (κ2) is 11.4. The molecule has 1 heterocycles. The Bertz CT molecular complexity index is 495. The molecule has 2 rings (SSSR count). The summed E-state index contributed by atoms with van der Waals surface area (Å²) in [7, 11) is 4.12. The molecule has 3 nitrogen and oxygen atoms in total. The number of nitrogens with zero attached hydrogens (tertiary/aromatic N) is 2. The molecule has 0 fully saturated rings. The molecule has 1 aromatic heterocycles. The van der Waals surface area contributed by atoms with Crippen LogP contribution < -0.4 is 0 Å². The van der Waals surface area contributed by atoms with Gasteiger partial charge in [-0.3, -0.25) is 4.98 Å². The number of rotatable bonds is 7. The number of aromatic nitrogens is 1. The van der Waals surface area contributed by atoms with Crippen LogP contribution in [0, 0.1) is 0 Å². The summed E-state index contributed by atoms with van der Waals surface area (Å²) in [6.07, 6.45) is 4.61. The number of ether oxygens (including phenoxy) is 1. The van der Waals surface area contributed by atoms with E-state index in [2.05, 4.69) is 48.2 Å². The van der Waals surface area contributed by atoms with Crippen LogP contribution in [0.15, 0.2) is 54.9 Å². The van der Waals surface area contributed by atoms with Crippen LogP contribution in [0.25, 0.3) is 0 Å². The maximum Gasteiger partial charge on any atom is 0.0866 e. The highest BCUT2D eigenvalue weighted by Crippen LogP contribution is 2.21. The Morgan fingerprint density at radius 2 is 1.64 bits per heavy atom. The molecule has 1 atom stereocenters. The first-order chi connectivity index (χ1) is 9.75. The molecule has 0 saturated heterocycles. The molecule has 0 saturated carbocycles. The van der Waals surface area contributed by atoms with Crippen molar-refractivity contribution in [2.45, 2.75) is 12.5 Å². The summed E-state index contributed by atoms with van der Waals surface area (Å²) in [5.74, 6) is 0. The van der Waals surface area contributed by atoms with Crippen molar-refractivity contribution in [1.29, 1.82) is 0 Å². The summed E-state index contributed by atoms with van der Waals surface area (Å²) in [5, 5.41) is 0. The van der Waals surface area contributed by atoms with Crippen molar-refractivity contribution in [2.75, 3.05) is 27.2 Å². The molecule has 1 unspecified atom stereocenters. The van der Waals surface area contributed by atoms with E-state index < -0.39 is 0 Å². The van der Waals surface area contributed by atoms with Crippen LogP contribution >= 0.6 is 24.8 Å². The molecule has 0 bridgehead atoms. The zero-order valence-corrected chi connectivity index (χ0v) is 14.6. The molecule has 0 radical (unpaired) electrons. The summed E-state index contributed by atoms with van der Waals surface area (Å²) < 4.78 is 6.07. The van der Waals surface area contributed by atoms with Crippen molar-refractivity contribution < 1.29 is 4.74 Å². The van der Waals surface area contributed by atoms with Gasteiger partial charge in [-0.1, -0.05) is 30.3 Å². The molecule has 5 heteroatoms. The number of benzene rings is 1. The Hall–Kier alpha value is -1.13. The molecule has 122 valence electrons. The van der Waals surface area contributed by atoms with E-state index in [0.29, 0.717) is 0 Å². The first kappa shape index (κ1) is 20.9. The van der Waals surface area contributed by atoms with Crippen LogP contribution in [0.3, 0.4) is 0 Å². The zero-order valence-electron chi connectivity index (χ0n) is 13.0. The van der Waals surface area contributed by atoms with Gasteiger partial charge >= 0.3 is 0 Å². The molecule has 1 aromatic carbocycles. The van der Waals surface area contributed by atoms with E-state index in [0.717, 1.165) is 19.6 Å². The number of likely N-dealkylation sites (N-methyl/N-ethyl adjacent to an activating group) is 1. The van der Waals surface area contributed by atoms with E-state index in [1.54, 1.807) is 0 Å². The van der Waals surface area contributed by atoms with Crippen molar-refractivity contribution >= 4 is 24.8 Å². The summed E-state index contributed by atoms with van der Waals surface area (Å²) >= 11 is 0. The van der Waals surface area contributed by atoms with Crippen LogP contribution in [0.2, 0.25) is 0 Å². The number of pyridine rings is 1. The Labute approximate surface area is 145 Å². The topological polar surface area (TPSA) is 25.4 Å². The molecular formula is C17H24Cl2N2O. The Morgan fingerprint density at radius 1 is 1.00 bits per heavy atom. The standard InChI is InChI=1S/C17H22N2O.2ClH/c1-19(2)12-13-20-17(16-8-10-18-11-9-16)14-15-6-4-3-5-7-15;;/h3-11,17H,12-14H2,1-2H3;2*1H. The number of hydrogen-bond acceptors (Lipinski definition) is 3. The smallest absolute Gasteiger partial charge is 0.0866 e. The average molecular weight is 343 g/mol. The van der Waals surface area contributed by atoms with E-state index in [9.17, 15) is 0 Å². The molecule has 0 N–H and O–H groups in total. The van der Waals surface area contributed by atoms with Crippen LogP contribution in [0.5, 0.6) is 0 Å². The quantitative estimate of drug-likeness (QED) is 0.765. The Morgan fingerprint density at radius 3 is 2.23 bits per heavy atom. The molecule has 2 aromatic rings. The molecule has 0 aliphatic heterocycles. The van der Waals surface area contributed by atoms with Crippen LogP contribution in [-0.2, 0) is 11.2 Å². The largest absolute Gasteiger partial charge is 0.372 e. The Balaban J connectivity index is 0.00000220. The van der Waals surface area contributed by atoms with E-state index in [4.69, 9.17) is 4.74 Å². The number of hydrogen-bond donors (Lipinski definition) is 0. The number of halogens is 2. The van der Waals surface area contributed by atoms with E-state index >= 15 is 0 Å². The van der Waals surface area contributed by atoms with Gasteiger partial charge in [0.2, 0.25) is 0 Å². The monoisotopic (exact) mass is 342 g/mol. The molecule has 0 amide bonds. The van der Waals surface area contributed by atoms with Crippen molar-refractivity contribution in [3.63, 3.8) is 0 Å². The lowest BCUT2D eigenvalue weighted by atomic mass is 10.0. The first-order valence-electron chi connectivity index (χ1n) is 6.96. The fourth-order valence-corrected chi connectivity index (χ4v) is 2.06. The third-order valence-electron chi connectivity index (χ3n) is 3.20. The molecule has 22 heavy (non-hydrogen) atoms. The van der Waals surface area contributed by atoms with Gasteiger partial charge in [-0.05, 0) is 37.4 Å². The minimum absolute atomic E-state index is 0. The average Bonchev–Trinajstić information content (AvgIpc) is 2.48. The summed E-state index contributed by atoms with van der Waals surface area (Å²) in [5.41, 5.74) is 2.47. The van der Waals surface area contributed by atoms with Gasteiger partial charge in [0.05, 0.1) is 12.7 Å². The van der Waals surface area contributed by atoms with Crippen molar-refractivity contribution in [3.05, 3.63) is 66.0 Å². The van der Waals surface area contributed by atoms with Crippen molar-refractivity contribution in [2.24, 2.45) is 0 Å². The van der Waals surface area contributed by atoms with Gasteiger partial charge < -0.3 is 9.64 Å². The van der Waals surface area contributed by atoms with Crippen LogP contribution in [0.1, 0.15) is 17.2 Å². The molecule has 0 aliphatic carbocycles. The van der Waals surface area contributed by atoms with Gasteiger partial charge in [0.25, 0.3) is 0 Å². The van der Waals surface area contributed by atoms with Gasteiger partial charge in [-0.2, -0.15) is 0 Å². The lowest BCUT2D eigenvalue weighted by Crippen LogP contribution is -2.20. The van der Waals surface area contributed by atoms with Crippen LogP contribution in [-0.4, -0.2) is 37.1 Å². The van der Waals surface area contributed by atoms with E-state index in [1.807, 2.05) is 30.6 Å². The second-order valence-electron chi connectivity index (χ2n) is 5.13. The summed E-state index contributed by atoms with van der Waals surface area (Å²) in [6.45, 7) is 1.66. The highest BCUT2D eigenvalue weighted by molar-refractivity contribution is 5.85. The molecular weight excluding hydrogens is 319 g/mol. The highest BCUT2D eigenvalue weighted by Gasteiger charge is 2.12. The van der Waals surface area contributed by atoms with Gasteiger partial charge in [0, 0.05) is 25.4 Å².